The fourth-order valence-corrected chi connectivity index (χ4v) is 10.0. The Morgan fingerprint density at radius 1 is 0.474 bits per heavy atom. The Morgan fingerprint density at radius 2 is 0.868 bits per heavy atom. The molecule has 2 fully saturated rings. The van der Waals surface area contributed by atoms with Crippen molar-refractivity contribution in [3.05, 3.63) is 48.6 Å². The third-order valence-corrected chi connectivity index (χ3v) is 15.0. The maximum Gasteiger partial charge on any atom is 0.220 e. The van der Waals surface area contributed by atoms with Crippen molar-refractivity contribution in [3.63, 3.8) is 0 Å². The summed E-state index contributed by atoms with van der Waals surface area (Å²) in [6.07, 6.45) is 42.8. The van der Waals surface area contributed by atoms with Crippen molar-refractivity contribution in [2.24, 2.45) is 0 Å². The topological polar surface area (TPSA) is 228 Å². The molecule has 0 bridgehead atoms. The van der Waals surface area contributed by atoms with E-state index in [1.165, 1.54) is 148 Å². The largest absolute Gasteiger partial charge is 0.394 e. The Balaban J connectivity index is 1.76. The molecule has 2 heterocycles. The molecule has 2 aliphatic rings. The average Bonchev–Trinajstić information content (AvgIpc) is 3.42. The number of rotatable bonds is 49. The van der Waals surface area contributed by atoms with E-state index in [-0.39, 0.29) is 18.9 Å². The maximum absolute atomic E-state index is 13.3. The van der Waals surface area contributed by atoms with Crippen molar-refractivity contribution >= 4 is 5.91 Å². The molecular weight excluding hydrogens is 967 g/mol. The van der Waals surface area contributed by atoms with Gasteiger partial charge in [0.1, 0.15) is 48.8 Å². The van der Waals surface area contributed by atoms with Crippen LogP contribution in [0.15, 0.2) is 48.6 Å². The SMILES string of the molecule is CCCCC/C=C\C/C=C\C/C=C\CCCCCCCCC(=O)NC(COC1OC(CO)C(OC2OC(CO)C(O)C(O)C2O)C(O)C1O)C(O)/C=C/CCCCCCCCCCCCCCCCCCCCCCC. The van der Waals surface area contributed by atoms with E-state index in [4.69, 9.17) is 18.9 Å². The van der Waals surface area contributed by atoms with Gasteiger partial charge in [-0.1, -0.05) is 229 Å². The number of hydrogen-bond acceptors (Lipinski definition) is 13. The van der Waals surface area contributed by atoms with E-state index < -0.39 is 86.8 Å². The van der Waals surface area contributed by atoms with E-state index in [2.05, 4.69) is 55.6 Å². The summed E-state index contributed by atoms with van der Waals surface area (Å²) in [5, 5.41) is 87.2. The standard InChI is InChI=1S/C62H113NO13/c1-3-5-7-9-11-13-15-17-19-21-23-24-25-26-28-29-31-33-35-37-39-41-43-45-51(66)50(63-54(67)46-44-42-40-38-36-34-32-30-27-22-20-18-16-14-12-10-8-6-4-2)49-73-61-59(72)57(70)60(53(48-65)75-61)76-62-58(71)56(69)55(68)52(47-64)74-62/h12,14,18,20,27,30,43,45,50-53,55-62,64-66,68-72H,3-11,13,15-17,19,21-26,28-29,31-42,44,46-49H2,1-2H3,(H,63,67)/b14-12-,20-18-,30-27-,45-43+. The van der Waals surface area contributed by atoms with Gasteiger partial charge in [-0.25, -0.2) is 0 Å². The zero-order valence-corrected chi connectivity index (χ0v) is 47.7. The van der Waals surface area contributed by atoms with Crippen LogP contribution in [0.25, 0.3) is 0 Å². The fourth-order valence-electron chi connectivity index (χ4n) is 10.0. The smallest absolute Gasteiger partial charge is 0.220 e. The van der Waals surface area contributed by atoms with Gasteiger partial charge in [0.15, 0.2) is 12.6 Å². The molecule has 0 radical (unpaired) electrons. The van der Waals surface area contributed by atoms with Crippen molar-refractivity contribution in [2.75, 3.05) is 19.8 Å². The summed E-state index contributed by atoms with van der Waals surface area (Å²) in [4.78, 5) is 13.3. The lowest BCUT2D eigenvalue weighted by atomic mass is 9.97. The number of nitrogens with one attached hydrogen (secondary N) is 1. The van der Waals surface area contributed by atoms with Crippen LogP contribution >= 0.6 is 0 Å². The lowest BCUT2D eigenvalue weighted by Crippen LogP contribution is -2.65. The van der Waals surface area contributed by atoms with Crippen molar-refractivity contribution in [1.82, 2.24) is 5.32 Å². The fraction of sp³-hybridized carbons (Fsp3) is 0.855. The predicted molar refractivity (Wildman–Crippen MR) is 304 cm³/mol. The van der Waals surface area contributed by atoms with Gasteiger partial charge in [0.25, 0.3) is 0 Å². The normalized spacial score (nSPS) is 25.2. The number of allylic oxidation sites excluding steroid dienone is 7. The van der Waals surface area contributed by atoms with E-state index in [0.29, 0.717) is 6.42 Å². The number of carbonyl (C=O) groups excluding carboxylic acids is 1. The molecule has 12 unspecified atom stereocenters. The Hall–Kier alpha value is -2.05. The number of aliphatic hydroxyl groups excluding tert-OH is 8. The molecule has 14 heteroatoms. The molecule has 0 aromatic carbocycles. The number of ether oxygens (including phenoxy) is 4. The van der Waals surface area contributed by atoms with Gasteiger partial charge in [-0.05, 0) is 57.8 Å². The van der Waals surface area contributed by atoms with Gasteiger partial charge in [-0.15, -0.1) is 0 Å². The van der Waals surface area contributed by atoms with Gasteiger partial charge < -0.3 is 65.1 Å². The maximum atomic E-state index is 13.3. The summed E-state index contributed by atoms with van der Waals surface area (Å²) in [6, 6.07) is -0.923. The highest BCUT2D eigenvalue weighted by Crippen LogP contribution is 2.30. The Morgan fingerprint density at radius 3 is 1.36 bits per heavy atom. The van der Waals surface area contributed by atoms with Crippen LogP contribution in [0.4, 0.5) is 0 Å². The van der Waals surface area contributed by atoms with Crippen LogP contribution in [0.1, 0.15) is 245 Å². The van der Waals surface area contributed by atoms with Gasteiger partial charge in [0.05, 0.1) is 32.0 Å². The lowest BCUT2D eigenvalue weighted by molar-refractivity contribution is -0.359. The first-order valence-electron chi connectivity index (χ1n) is 30.9. The van der Waals surface area contributed by atoms with Crippen molar-refractivity contribution in [1.29, 1.82) is 0 Å². The number of unbranched alkanes of at least 4 members (excludes halogenated alkanes) is 30. The van der Waals surface area contributed by atoms with Crippen LogP contribution in [0, 0.1) is 0 Å². The molecular formula is C62H113NO13. The molecule has 2 saturated heterocycles. The van der Waals surface area contributed by atoms with Gasteiger partial charge in [-0.2, -0.15) is 0 Å². The molecule has 2 aliphatic heterocycles. The quantitative estimate of drug-likeness (QED) is 0.0204. The zero-order valence-electron chi connectivity index (χ0n) is 47.7. The van der Waals surface area contributed by atoms with E-state index in [9.17, 15) is 45.6 Å². The highest BCUT2D eigenvalue weighted by atomic mass is 16.7. The van der Waals surface area contributed by atoms with Crippen LogP contribution in [0.3, 0.4) is 0 Å². The van der Waals surface area contributed by atoms with Crippen LogP contribution in [0.2, 0.25) is 0 Å². The van der Waals surface area contributed by atoms with E-state index in [1.54, 1.807) is 6.08 Å². The monoisotopic (exact) mass is 1080 g/mol. The molecule has 0 aliphatic carbocycles. The zero-order chi connectivity index (χ0) is 55.3. The molecule has 0 aromatic heterocycles. The van der Waals surface area contributed by atoms with E-state index in [0.717, 1.165) is 70.6 Å². The molecule has 444 valence electrons. The van der Waals surface area contributed by atoms with Crippen LogP contribution in [-0.4, -0.2) is 140 Å². The molecule has 12 atom stereocenters. The van der Waals surface area contributed by atoms with Crippen LogP contribution in [-0.2, 0) is 23.7 Å². The summed E-state index contributed by atoms with van der Waals surface area (Å²) in [5.74, 6) is -0.251. The molecule has 0 aromatic rings. The van der Waals surface area contributed by atoms with Crippen LogP contribution in [0.5, 0.6) is 0 Å². The summed E-state index contributed by atoms with van der Waals surface area (Å²) < 4.78 is 22.8. The first kappa shape index (κ1) is 70.1. The number of carbonyl (C=O) groups is 1. The summed E-state index contributed by atoms with van der Waals surface area (Å²) >= 11 is 0. The number of hydrogen-bond donors (Lipinski definition) is 9. The summed E-state index contributed by atoms with van der Waals surface area (Å²) in [5.41, 5.74) is 0. The van der Waals surface area contributed by atoms with Gasteiger partial charge in [0.2, 0.25) is 5.91 Å². The molecule has 0 saturated carbocycles. The highest BCUT2D eigenvalue weighted by molar-refractivity contribution is 5.76. The third-order valence-electron chi connectivity index (χ3n) is 15.0. The van der Waals surface area contributed by atoms with Crippen molar-refractivity contribution in [3.8, 4) is 0 Å². The average molecular weight is 1080 g/mol. The van der Waals surface area contributed by atoms with E-state index in [1.807, 2.05) is 6.08 Å². The first-order valence-corrected chi connectivity index (χ1v) is 30.9. The van der Waals surface area contributed by atoms with Crippen molar-refractivity contribution in [2.45, 2.75) is 319 Å². The lowest BCUT2D eigenvalue weighted by Gasteiger charge is -2.46. The van der Waals surface area contributed by atoms with Gasteiger partial charge in [0, 0.05) is 6.42 Å². The van der Waals surface area contributed by atoms with Gasteiger partial charge >= 0.3 is 0 Å². The van der Waals surface area contributed by atoms with Crippen LogP contribution < -0.4 is 5.32 Å². The minimum Gasteiger partial charge on any atom is -0.394 e. The first-order chi connectivity index (χ1) is 37.1. The predicted octanol–water partition coefficient (Wildman–Crippen LogP) is 10.8. The minimum atomic E-state index is -1.79. The minimum absolute atomic E-state index is 0.251. The molecule has 9 N–H and O–H groups in total. The Bertz CT molecular complexity index is 1460. The molecule has 1 amide bonds. The van der Waals surface area contributed by atoms with E-state index >= 15 is 0 Å². The Kier molecular flexibility index (Phi) is 44.0. The summed E-state index contributed by atoms with van der Waals surface area (Å²) in [6.45, 7) is 2.78. The number of amides is 1. The number of aliphatic hydroxyl groups is 8. The van der Waals surface area contributed by atoms with Gasteiger partial charge in [-0.3, -0.25) is 4.79 Å². The van der Waals surface area contributed by atoms with Crippen molar-refractivity contribution < 1.29 is 64.6 Å². The second-order valence-corrected chi connectivity index (χ2v) is 21.8. The molecule has 76 heavy (non-hydrogen) atoms. The third kappa shape index (κ3) is 32.9. The highest BCUT2D eigenvalue weighted by Gasteiger charge is 2.51. The summed E-state index contributed by atoms with van der Waals surface area (Å²) in [7, 11) is 0. The Labute approximate surface area is 461 Å². The molecule has 0 spiro atoms. The second-order valence-electron chi connectivity index (χ2n) is 21.8. The molecule has 14 nitrogen and oxygen atoms in total. The molecule has 2 rings (SSSR count). The second kappa shape index (κ2) is 47.7.